The maximum atomic E-state index is 12.9. The van der Waals surface area contributed by atoms with Crippen LogP contribution in [0.2, 0.25) is 5.02 Å². The Morgan fingerprint density at radius 3 is 2.32 bits per heavy atom. The molecule has 136 valence electrons. The molecule has 12 heteroatoms. The molecule has 25 heavy (non-hydrogen) atoms. The lowest BCUT2D eigenvalue weighted by Gasteiger charge is -2.14. The molecule has 1 aromatic rings. The average Bonchev–Trinajstić information content (AvgIpc) is 2.52. The van der Waals surface area contributed by atoms with Crippen LogP contribution in [-0.4, -0.2) is 31.1 Å². The van der Waals surface area contributed by atoms with Gasteiger partial charge in [0.15, 0.2) is 0 Å². The van der Waals surface area contributed by atoms with Crippen LogP contribution in [-0.2, 0) is 25.2 Å². The second-order valence-electron chi connectivity index (χ2n) is 4.30. The van der Waals surface area contributed by atoms with Gasteiger partial charge in [-0.1, -0.05) is 11.6 Å². The highest BCUT2D eigenvalue weighted by atomic mass is 35.5. The van der Waals surface area contributed by atoms with E-state index in [1.807, 2.05) is 0 Å². The zero-order chi connectivity index (χ0) is 19.4. The summed E-state index contributed by atoms with van der Waals surface area (Å²) < 4.78 is 47.4. The van der Waals surface area contributed by atoms with Crippen LogP contribution in [0, 0.1) is 10.1 Å². The second kappa shape index (κ2) is 7.83. The number of methoxy groups -OCH3 is 2. The van der Waals surface area contributed by atoms with Crippen molar-refractivity contribution in [1.29, 1.82) is 0 Å². The predicted octanol–water partition coefficient (Wildman–Crippen LogP) is 2.91. The first kappa shape index (κ1) is 20.2. The molecule has 0 aliphatic carbocycles. The summed E-state index contributed by atoms with van der Waals surface area (Å²) in [6, 6.07) is 0.814. The van der Waals surface area contributed by atoms with Crippen LogP contribution in [0.15, 0.2) is 23.9 Å². The summed E-state index contributed by atoms with van der Waals surface area (Å²) >= 11 is 5.43. The van der Waals surface area contributed by atoms with Crippen LogP contribution < -0.4 is 5.32 Å². The highest BCUT2D eigenvalue weighted by Gasteiger charge is 2.36. The smallest absolute Gasteiger partial charge is 0.417 e. The number of carbonyl (C=O) groups excluding carboxylic acids is 2. The molecule has 0 bridgehead atoms. The summed E-state index contributed by atoms with van der Waals surface area (Å²) in [4.78, 5) is 32.9. The molecule has 0 aliphatic heterocycles. The van der Waals surface area contributed by atoms with Crippen molar-refractivity contribution < 1.29 is 37.2 Å². The summed E-state index contributed by atoms with van der Waals surface area (Å²) in [6.45, 7) is 0. The Hall–Kier alpha value is -2.82. The van der Waals surface area contributed by atoms with Gasteiger partial charge in [-0.2, -0.15) is 13.2 Å². The number of rotatable bonds is 5. The third-order valence-electron chi connectivity index (χ3n) is 2.73. The van der Waals surface area contributed by atoms with Gasteiger partial charge in [0.1, 0.15) is 11.4 Å². The summed E-state index contributed by atoms with van der Waals surface area (Å²) in [5, 5.41) is 12.2. The van der Waals surface area contributed by atoms with Crippen LogP contribution >= 0.6 is 11.6 Å². The van der Waals surface area contributed by atoms with E-state index in [0.29, 0.717) is 18.2 Å². The van der Waals surface area contributed by atoms with E-state index >= 15 is 0 Å². The van der Waals surface area contributed by atoms with E-state index in [0.717, 1.165) is 14.2 Å². The minimum absolute atomic E-state index is 0.342. The minimum Gasteiger partial charge on any atom is -0.466 e. The number of nitro benzene ring substituents is 1. The molecular weight excluding hydrogens is 373 g/mol. The van der Waals surface area contributed by atoms with Gasteiger partial charge in [0, 0.05) is 6.07 Å². The van der Waals surface area contributed by atoms with Crippen molar-refractivity contribution in [2.75, 3.05) is 19.5 Å². The van der Waals surface area contributed by atoms with E-state index in [-0.39, 0.29) is 0 Å². The van der Waals surface area contributed by atoms with Gasteiger partial charge in [0.25, 0.3) is 5.69 Å². The standard InChI is InChI=1S/C13H10ClF3N2O6/c1-24-11(20)5-9(12(21)25-2)18-8-3-6(13(15,16)17)7(14)4-10(8)19(22)23/h3-5,18H,1-2H3/b9-5+. The van der Waals surface area contributed by atoms with Crippen molar-refractivity contribution in [1.82, 2.24) is 0 Å². The quantitative estimate of drug-likeness (QED) is 0.361. The van der Waals surface area contributed by atoms with E-state index in [1.54, 1.807) is 0 Å². The van der Waals surface area contributed by atoms with Gasteiger partial charge in [0.2, 0.25) is 0 Å². The first-order valence-electron chi connectivity index (χ1n) is 6.21. The Morgan fingerprint density at radius 2 is 1.88 bits per heavy atom. The number of hydrogen-bond acceptors (Lipinski definition) is 7. The third kappa shape index (κ3) is 5.08. The molecule has 0 saturated heterocycles. The van der Waals surface area contributed by atoms with Crippen molar-refractivity contribution in [3.05, 3.63) is 44.6 Å². The largest absolute Gasteiger partial charge is 0.466 e. The molecule has 0 radical (unpaired) electrons. The molecule has 0 aromatic heterocycles. The normalized spacial score (nSPS) is 11.7. The molecule has 0 fully saturated rings. The number of esters is 2. The van der Waals surface area contributed by atoms with E-state index in [1.165, 1.54) is 0 Å². The van der Waals surface area contributed by atoms with Gasteiger partial charge in [-0.3, -0.25) is 10.1 Å². The lowest BCUT2D eigenvalue weighted by atomic mass is 10.1. The van der Waals surface area contributed by atoms with Crippen LogP contribution in [0.3, 0.4) is 0 Å². The molecule has 1 rings (SSSR count). The molecular formula is C13H10ClF3N2O6. The molecule has 1 aromatic carbocycles. The summed E-state index contributed by atoms with van der Waals surface area (Å²) in [5.41, 5.74) is -3.61. The highest BCUT2D eigenvalue weighted by molar-refractivity contribution is 6.31. The first-order valence-corrected chi connectivity index (χ1v) is 6.59. The zero-order valence-electron chi connectivity index (χ0n) is 12.6. The summed E-state index contributed by atoms with van der Waals surface area (Å²) in [7, 11) is 1.92. The van der Waals surface area contributed by atoms with E-state index in [4.69, 9.17) is 11.6 Å². The fraction of sp³-hybridized carbons (Fsp3) is 0.231. The van der Waals surface area contributed by atoms with E-state index in [9.17, 15) is 32.9 Å². The van der Waals surface area contributed by atoms with Crippen LogP contribution in [0.4, 0.5) is 24.5 Å². The van der Waals surface area contributed by atoms with Crippen molar-refractivity contribution in [2.45, 2.75) is 6.18 Å². The number of halogens is 4. The second-order valence-corrected chi connectivity index (χ2v) is 4.71. The number of anilines is 1. The Morgan fingerprint density at radius 1 is 1.28 bits per heavy atom. The average molecular weight is 383 g/mol. The van der Waals surface area contributed by atoms with Crippen LogP contribution in [0.1, 0.15) is 5.56 Å². The van der Waals surface area contributed by atoms with Gasteiger partial charge < -0.3 is 14.8 Å². The van der Waals surface area contributed by atoms with Gasteiger partial charge >= 0.3 is 18.1 Å². The number of ether oxygens (including phenoxy) is 2. The van der Waals surface area contributed by atoms with Crippen molar-refractivity contribution in [2.24, 2.45) is 0 Å². The molecule has 0 aliphatic rings. The lowest BCUT2D eigenvalue weighted by molar-refractivity contribution is -0.384. The molecule has 0 atom stereocenters. The first-order chi connectivity index (χ1) is 11.5. The number of nitrogens with zero attached hydrogens (tertiary/aromatic N) is 1. The van der Waals surface area contributed by atoms with Crippen molar-refractivity contribution >= 4 is 34.9 Å². The predicted molar refractivity (Wildman–Crippen MR) is 78.8 cm³/mol. The number of hydrogen-bond donors (Lipinski definition) is 1. The molecule has 0 unspecified atom stereocenters. The number of carbonyl (C=O) groups is 2. The van der Waals surface area contributed by atoms with Gasteiger partial charge in [-0.05, 0) is 6.07 Å². The van der Waals surface area contributed by atoms with Gasteiger partial charge in [0.05, 0.1) is 35.8 Å². The van der Waals surface area contributed by atoms with Crippen LogP contribution in [0.5, 0.6) is 0 Å². The van der Waals surface area contributed by atoms with Crippen LogP contribution in [0.25, 0.3) is 0 Å². The molecule has 1 N–H and O–H groups in total. The summed E-state index contributed by atoms with van der Waals surface area (Å²) in [6.07, 6.45) is -4.34. The molecule has 8 nitrogen and oxygen atoms in total. The monoisotopic (exact) mass is 382 g/mol. The Balaban J connectivity index is 3.51. The third-order valence-corrected chi connectivity index (χ3v) is 3.04. The Kier molecular flexibility index (Phi) is 6.34. The van der Waals surface area contributed by atoms with Gasteiger partial charge in [-0.25, -0.2) is 9.59 Å². The van der Waals surface area contributed by atoms with E-state index < -0.39 is 50.7 Å². The topological polar surface area (TPSA) is 108 Å². The Labute approximate surface area is 143 Å². The Bertz CT molecular complexity index is 748. The molecule has 0 saturated carbocycles. The molecule has 0 spiro atoms. The minimum atomic E-state index is -4.90. The van der Waals surface area contributed by atoms with Gasteiger partial charge in [-0.15, -0.1) is 0 Å². The highest BCUT2D eigenvalue weighted by Crippen LogP contribution is 2.40. The SMILES string of the molecule is COC(=O)/C=C(/Nc1cc(C(F)(F)F)c(Cl)cc1[N+](=O)[O-])C(=O)OC. The fourth-order valence-electron chi connectivity index (χ4n) is 1.61. The van der Waals surface area contributed by atoms with Crippen molar-refractivity contribution in [3.8, 4) is 0 Å². The maximum absolute atomic E-state index is 12.9. The maximum Gasteiger partial charge on any atom is 0.417 e. The zero-order valence-corrected chi connectivity index (χ0v) is 13.4. The molecule has 0 heterocycles. The summed E-state index contributed by atoms with van der Waals surface area (Å²) in [5.74, 6) is -2.20. The number of nitro groups is 1. The lowest BCUT2D eigenvalue weighted by Crippen LogP contribution is -2.17. The fourth-order valence-corrected chi connectivity index (χ4v) is 1.87. The molecule has 0 amide bonds. The van der Waals surface area contributed by atoms with Crippen molar-refractivity contribution in [3.63, 3.8) is 0 Å². The number of benzene rings is 1. The number of alkyl halides is 3. The number of nitrogens with one attached hydrogen (secondary N) is 1. The van der Waals surface area contributed by atoms with E-state index in [2.05, 4.69) is 14.8 Å².